The normalized spacial score (nSPS) is 12.0. The molecule has 100 valence electrons. The lowest BCUT2D eigenvalue weighted by molar-refractivity contribution is -0.139. The van der Waals surface area contributed by atoms with Crippen molar-refractivity contribution in [3.05, 3.63) is 30.1 Å². The van der Waals surface area contributed by atoms with Gasteiger partial charge in [0.2, 0.25) is 0 Å². The van der Waals surface area contributed by atoms with E-state index in [1.54, 1.807) is 26.1 Å². The molecule has 0 saturated heterocycles. The number of rotatable bonds is 6. The van der Waals surface area contributed by atoms with E-state index in [0.29, 0.717) is 18.9 Å². The topological polar surface area (TPSA) is 38.8 Å². The first kappa shape index (κ1) is 14.4. The van der Waals surface area contributed by atoms with Gasteiger partial charge in [-0.05, 0) is 31.2 Å². The molecule has 0 aliphatic heterocycles. The maximum atomic E-state index is 12.6. The van der Waals surface area contributed by atoms with Gasteiger partial charge in [-0.25, -0.2) is 4.39 Å². The van der Waals surface area contributed by atoms with Gasteiger partial charge in [0.15, 0.2) is 0 Å². The second kappa shape index (κ2) is 6.96. The van der Waals surface area contributed by atoms with E-state index in [0.717, 1.165) is 0 Å². The number of carbonyl (C=O) groups is 1. The second-order valence-electron chi connectivity index (χ2n) is 3.94. The fourth-order valence-electron chi connectivity index (χ4n) is 1.35. The number of benzene rings is 1. The number of amides is 1. The van der Waals surface area contributed by atoms with Gasteiger partial charge in [-0.1, -0.05) is 0 Å². The van der Waals surface area contributed by atoms with Crippen LogP contribution < -0.4 is 4.74 Å². The highest BCUT2D eigenvalue weighted by atomic mass is 19.1. The first-order valence-corrected chi connectivity index (χ1v) is 5.70. The van der Waals surface area contributed by atoms with E-state index in [9.17, 15) is 9.18 Å². The van der Waals surface area contributed by atoms with Crippen LogP contribution in [-0.2, 0) is 9.53 Å². The Balaban J connectivity index is 2.33. The van der Waals surface area contributed by atoms with Crippen LogP contribution in [0.4, 0.5) is 4.39 Å². The number of methoxy groups -OCH3 is 1. The van der Waals surface area contributed by atoms with Gasteiger partial charge in [0.05, 0.1) is 6.54 Å². The summed E-state index contributed by atoms with van der Waals surface area (Å²) < 4.78 is 23.0. The van der Waals surface area contributed by atoms with Crippen molar-refractivity contribution in [3.8, 4) is 5.75 Å². The summed E-state index contributed by atoms with van der Waals surface area (Å²) in [4.78, 5) is 13.2. The summed E-state index contributed by atoms with van der Waals surface area (Å²) in [6, 6.07) is 5.76. The maximum absolute atomic E-state index is 12.6. The van der Waals surface area contributed by atoms with Crippen LogP contribution in [0.25, 0.3) is 0 Å². The van der Waals surface area contributed by atoms with Gasteiger partial charge in [-0.15, -0.1) is 0 Å². The lowest BCUT2D eigenvalue weighted by Gasteiger charge is -2.20. The molecule has 0 aliphatic rings. The molecule has 1 atom stereocenters. The van der Waals surface area contributed by atoms with Crippen molar-refractivity contribution in [3.63, 3.8) is 0 Å². The Morgan fingerprint density at radius 3 is 2.56 bits per heavy atom. The van der Waals surface area contributed by atoms with Crippen molar-refractivity contribution in [2.75, 3.05) is 27.3 Å². The molecular weight excluding hydrogens is 237 g/mol. The minimum absolute atomic E-state index is 0.0970. The summed E-state index contributed by atoms with van der Waals surface area (Å²) in [5.41, 5.74) is 0. The summed E-state index contributed by atoms with van der Waals surface area (Å²) in [7, 11) is 3.18. The molecule has 0 fully saturated rings. The fourth-order valence-corrected chi connectivity index (χ4v) is 1.35. The predicted octanol–water partition coefficient (Wildman–Crippen LogP) is 1.70. The number of nitrogens with zero attached hydrogens (tertiary/aromatic N) is 1. The van der Waals surface area contributed by atoms with E-state index in [2.05, 4.69) is 0 Å². The molecule has 1 amide bonds. The Bertz CT molecular complexity index is 380. The van der Waals surface area contributed by atoms with Gasteiger partial charge in [0.1, 0.15) is 24.3 Å². The van der Waals surface area contributed by atoms with Gasteiger partial charge in [0, 0.05) is 14.2 Å². The van der Waals surface area contributed by atoms with Crippen LogP contribution in [-0.4, -0.2) is 44.2 Å². The fraction of sp³-hybridized carbons (Fsp3) is 0.462. The van der Waals surface area contributed by atoms with Crippen molar-refractivity contribution < 1.29 is 18.7 Å². The van der Waals surface area contributed by atoms with E-state index in [1.807, 2.05) is 0 Å². The molecule has 0 aromatic heterocycles. The standard InChI is InChI=1S/C13H18FNO3/c1-10(17-3)13(16)15(2)8-9-18-12-6-4-11(14)5-7-12/h4-7,10H,8-9H2,1-3H3. The zero-order valence-corrected chi connectivity index (χ0v) is 10.9. The Morgan fingerprint density at radius 1 is 1.39 bits per heavy atom. The zero-order valence-electron chi connectivity index (χ0n) is 10.9. The quantitative estimate of drug-likeness (QED) is 0.776. The zero-order chi connectivity index (χ0) is 13.5. The van der Waals surface area contributed by atoms with Crippen LogP contribution >= 0.6 is 0 Å². The first-order valence-electron chi connectivity index (χ1n) is 5.70. The van der Waals surface area contributed by atoms with Crippen LogP contribution in [0.3, 0.4) is 0 Å². The van der Waals surface area contributed by atoms with Gasteiger partial charge < -0.3 is 14.4 Å². The second-order valence-corrected chi connectivity index (χ2v) is 3.94. The highest BCUT2D eigenvalue weighted by molar-refractivity contribution is 5.80. The lowest BCUT2D eigenvalue weighted by Crippen LogP contribution is -2.38. The van der Waals surface area contributed by atoms with Gasteiger partial charge in [0.25, 0.3) is 5.91 Å². The molecule has 0 spiro atoms. The summed E-state index contributed by atoms with van der Waals surface area (Å²) in [5, 5.41) is 0. The van der Waals surface area contributed by atoms with Crippen LogP contribution in [0, 0.1) is 5.82 Å². The number of halogens is 1. The SMILES string of the molecule is COC(C)C(=O)N(C)CCOc1ccc(F)cc1. The molecule has 0 radical (unpaired) electrons. The minimum Gasteiger partial charge on any atom is -0.492 e. The highest BCUT2D eigenvalue weighted by Crippen LogP contribution is 2.10. The number of ether oxygens (including phenoxy) is 2. The predicted molar refractivity (Wildman–Crippen MR) is 66.0 cm³/mol. The molecule has 0 aliphatic carbocycles. The van der Waals surface area contributed by atoms with Gasteiger partial charge in [-0.2, -0.15) is 0 Å². The molecule has 5 heteroatoms. The number of likely N-dealkylation sites (N-methyl/N-ethyl adjacent to an activating group) is 1. The molecule has 4 nitrogen and oxygen atoms in total. The molecule has 1 rings (SSSR count). The number of hydrogen-bond acceptors (Lipinski definition) is 3. The number of carbonyl (C=O) groups excluding carboxylic acids is 1. The first-order chi connectivity index (χ1) is 8.54. The van der Waals surface area contributed by atoms with Crippen molar-refractivity contribution in [1.82, 2.24) is 4.90 Å². The molecule has 18 heavy (non-hydrogen) atoms. The van der Waals surface area contributed by atoms with Crippen molar-refractivity contribution in [1.29, 1.82) is 0 Å². The van der Waals surface area contributed by atoms with Crippen LogP contribution in [0.2, 0.25) is 0 Å². The smallest absolute Gasteiger partial charge is 0.251 e. The Labute approximate surface area is 106 Å². The van der Waals surface area contributed by atoms with Gasteiger partial charge >= 0.3 is 0 Å². The molecule has 0 N–H and O–H groups in total. The van der Waals surface area contributed by atoms with Crippen LogP contribution in [0.1, 0.15) is 6.92 Å². The minimum atomic E-state index is -0.458. The van der Waals surface area contributed by atoms with Crippen molar-refractivity contribution in [2.45, 2.75) is 13.0 Å². The third-order valence-corrected chi connectivity index (χ3v) is 2.59. The third-order valence-electron chi connectivity index (χ3n) is 2.59. The molecule has 1 unspecified atom stereocenters. The summed E-state index contributed by atoms with van der Waals surface area (Å²) in [5.74, 6) is 0.181. The Morgan fingerprint density at radius 2 is 2.00 bits per heavy atom. The Hall–Kier alpha value is -1.62. The Kier molecular flexibility index (Phi) is 5.58. The van der Waals surface area contributed by atoms with Crippen LogP contribution in [0.15, 0.2) is 24.3 Å². The van der Waals surface area contributed by atoms with Crippen molar-refractivity contribution in [2.24, 2.45) is 0 Å². The summed E-state index contributed by atoms with van der Waals surface area (Å²) in [6.07, 6.45) is -0.458. The maximum Gasteiger partial charge on any atom is 0.251 e. The molecule has 1 aromatic carbocycles. The summed E-state index contributed by atoms with van der Waals surface area (Å²) >= 11 is 0. The molecular formula is C13H18FNO3. The average Bonchev–Trinajstić information content (AvgIpc) is 2.39. The number of hydrogen-bond donors (Lipinski definition) is 0. The lowest BCUT2D eigenvalue weighted by atomic mass is 10.3. The third kappa shape index (κ3) is 4.33. The molecule has 1 aromatic rings. The monoisotopic (exact) mass is 255 g/mol. The largest absolute Gasteiger partial charge is 0.492 e. The molecule has 0 bridgehead atoms. The van der Waals surface area contributed by atoms with Crippen LogP contribution in [0.5, 0.6) is 5.75 Å². The molecule has 0 saturated carbocycles. The summed E-state index contributed by atoms with van der Waals surface area (Å²) in [6.45, 7) is 2.49. The average molecular weight is 255 g/mol. The van der Waals surface area contributed by atoms with E-state index < -0.39 is 6.10 Å². The van der Waals surface area contributed by atoms with E-state index in [-0.39, 0.29) is 11.7 Å². The van der Waals surface area contributed by atoms with E-state index in [1.165, 1.54) is 24.1 Å². The van der Waals surface area contributed by atoms with Crippen molar-refractivity contribution >= 4 is 5.91 Å². The van der Waals surface area contributed by atoms with E-state index >= 15 is 0 Å². The van der Waals surface area contributed by atoms with Gasteiger partial charge in [-0.3, -0.25) is 4.79 Å². The molecule has 0 heterocycles. The highest BCUT2D eigenvalue weighted by Gasteiger charge is 2.16. The van der Waals surface area contributed by atoms with E-state index in [4.69, 9.17) is 9.47 Å².